The van der Waals surface area contributed by atoms with Crippen LogP contribution in [0, 0.1) is 0 Å². The van der Waals surface area contributed by atoms with Crippen molar-refractivity contribution in [1.29, 1.82) is 0 Å². The van der Waals surface area contributed by atoms with E-state index in [0.29, 0.717) is 6.61 Å². The zero-order valence-electron chi connectivity index (χ0n) is 12.7. The molecule has 0 fully saturated rings. The summed E-state index contributed by atoms with van der Waals surface area (Å²) in [4.78, 5) is 0. The fraction of sp³-hybridized carbons (Fsp3) is 0.333. The summed E-state index contributed by atoms with van der Waals surface area (Å²) in [5, 5.41) is 3.58. The second kappa shape index (κ2) is 5.32. The minimum absolute atomic E-state index is 0.116. The van der Waals surface area contributed by atoms with Crippen molar-refractivity contribution in [3.8, 4) is 11.5 Å². The number of hydrogen-bond donors (Lipinski definition) is 1. The maximum Gasteiger partial charge on any atom is 0.128 e. The number of fused-ring (bicyclic) bond motifs is 1. The van der Waals surface area contributed by atoms with Gasteiger partial charge in [-0.15, -0.1) is 0 Å². The summed E-state index contributed by atoms with van der Waals surface area (Å²) in [5.41, 5.74) is 1.95. The van der Waals surface area contributed by atoms with Gasteiger partial charge in [0, 0.05) is 17.3 Å². The summed E-state index contributed by atoms with van der Waals surface area (Å²) in [6, 6.07) is 16.4. The number of nitrogens with one attached hydrogen (secondary N) is 1. The molecule has 3 nitrogen and oxygen atoms in total. The van der Waals surface area contributed by atoms with Crippen LogP contribution in [-0.4, -0.2) is 12.2 Å². The van der Waals surface area contributed by atoms with Crippen molar-refractivity contribution in [3.63, 3.8) is 0 Å². The summed E-state index contributed by atoms with van der Waals surface area (Å²) >= 11 is 0. The van der Waals surface area contributed by atoms with Gasteiger partial charge >= 0.3 is 0 Å². The first-order valence-corrected chi connectivity index (χ1v) is 7.37. The Morgan fingerprint density at radius 1 is 1.14 bits per heavy atom. The molecule has 3 heteroatoms. The summed E-state index contributed by atoms with van der Waals surface area (Å²) < 4.78 is 11.6. The lowest BCUT2D eigenvalue weighted by Crippen LogP contribution is -2.34. The van der Waals surface area contributed by atoms with E-state index in [1.165, 1.54) is 5.56 Å². The molecule has 1 N–H and O–H groups in total. The molecule has 0 amide bonds. The fourth-order valence-electron chi connectivity index (χ4n) is 2.79. The largest absolute Gasteiger partial charge is 0.494 e. The van der Waals surface area contributed by atoms with Gasteiger partial charge in [0.15, 0.2) is 0 Å². The quantitative estimate of drug-likeness (QED) is 0.901. The van der Waals surface area contributed by atoms with Crippen molar-refractivity contribution in [2.24, 2.45) is 0 Å². The fourth-order valence-corrected chi connectivity index (χ4v) is 2.79. The van der Waals surface area contributed by atoms with E-state index in [0.717, 1.165) is 17.2 Å². The lowest BCUT2D eigenvalue weighted by molar-refractivity contribution is 0.118. The van der Waals surface area contributed by atoms with Crippen molar-refractivity contribution >= 4 is 5.69 Å². The van der Waals surface area contributed by atoms with E-state index in [-0.39, 0.29) is 11.6 Å². The van der Waals surface area contributed by atoms with Crippen LogP contribution < -0.4 is 14.8 Å². The highest BCUT2D eigenvalue weighted by molar-refractivity contribution is 5.54. The van der Waals surface area contributed by atoms with Gasteiger partial charge < -0.3 is 14.8 Å². The first-order chi connectivity index (χ1) is 10.1. The molecule has 0 radical (unpaired) electrons. The SMILES string of the molecule is CCOc1cccc(NC2c3ccccc3OC2(C)C)c1. The van der Waals surface area contributed by atoms with Crippen LogP contribution in [0.25, 0.3) is 0 Å². The Morgan fingerprint density at radius 2 is 1.95 bits per heavy atom. The molecule has 0 spiro atoms. The van der Waals surface area contributed by atoms with Crippen LogP contribution >= 0.6 is 0 Å². The Morgan fingerprint density at radius 3 is 2.76 bits per heavy atom. The zero-order chi connectivity index (χ0) is 14.9. The van der Waals surface area contributed by atoms with E-state index >= 15 is 0 Å². The van der Waals surface area contributed by atoms with E-state index in [9.17, 15) is 0 Å². The van der Waals surface area contributed by atoms with Crippen molar-refractivity contribution in [2.75, 3.05) is 11.9 Å². The van der Waals surface area contributed by atoms with Crippen molar-refractivity contribution in [3.05, 3.63) is 54.1 Å². The molecule has 110 valence electrons. The maximum atomic E-state index is 6.06. The van der Waals surface area contributed by atoms with Gasteiger partial charge in [-0.3, -0.25) is 0 Å². The number of rotatable bonds is 4. The van der Waals surface area contributed by atoms with Crippen LogP contribution in [0.1, 0.15) is 32.4 Å². The molecule has 0 saturated carbocycles. The Kier molecular flexibility index (Phi) is 3.50. The van der Waals surface area contributed by atoms with Crippen LogP contribution in [0.15, 0.2) is 48.5 Å². The zero-order valence-corrected chi connectivity index (χ0v) is 12.7. The Hall–Kier alpha value is -2.16. The molecule has 0 aliphatic carbocycles. The highest BCUT2D eigenvalue weighted by Gasteiger charge is 2.40. The van der Waals surface area contributed by atoms with Gasteiger partial charge in [-0.05, 0) is 39.0 Å². The Balaban J connectivity index is 1.88. The van der Waals surface area contributed by atoms with Gasteiger partial charge in [0.05, 0.1) is 12.6 Å². The molecule has 1 atom stereocenters. The van der Waals surface area contributed by atoms with Gasteiger partial charge in [0.25, 0.3) is 0 Å². The van der Waals surface area contributed by atoms with Gasteiger partial charge in [-0.2, -0.15) is 0 Å². The minimum atomic E-state index is -0.286. The maximum absolute atomic E-state index is 6.06. The van der Waals surface area contributed by atoms with Crippen molar-refractivity contribution in [1.82, 2.24) is 0 Å². The van der Waals surface area contributed by atoms with Crippen molar-refractivity contribution < 1.29 is 9.47 Å². The van der Waals surface area contributed by atoms with Gasteiger partial charge in [0.1, 0.15) is 17.1 Å². The van der Waals surface area contributed by atoms with E-state index in [1.54, 1.807) is 0 Å². The van der Waals surface area contributed by atoms with Crippen LogP contribution in [0.4, 0.5) is 5.69 Å². The number of hydrogen-bond acceptors (Lipinski definition) is 3. The lowest BCUT2D eigenvalue weighted by atomic mass is 9.94. The Bertz CT molecular complexity index is 637. The average molecular weight is 283 g/mol. The third-order valence-corrected chi connectivity index (χ3v) is 3.75. The molecule has 1 aliphatic heterocycles. The average Bonchev–Trinajstić information content (AvgIpc) is 2.71. The van der Waals surface area contributed by atoms with Crippen LogP contribution in [0.2, 0.25) is 0 Å². The monoisotopic (exact) mass is 283 g/mol. The van der Waals surface area contributed by atoms with E-state index in [4.69, 9.17) is 9.47 Å². The van der Waals surface area contributed by atoms with E-state index in [1.807, 2.05) is 37.3 Å². The summed E-state index contributed by atoms with van der Waals surface area (Å²) in [7, 11) is 0. The van der Waals surface area contributed by atoms with Crippen molar-refractivity contribution in [2.45, 2.75) is 32.4 Å². The van der Waals surface area contributed by atoms with Crippen LogP contribution in [-0.2, 0) is 0 Å². The van der Waals surface area contributed by atoms with Crippen LogP contribution in [0.3, 0.4) is 0 Å². The molecule has 3 rings (SSSR count). The number of ether oxygens (including phenoxy) is 2. The highest BCUT2D eigenvalue weighted by Crippen LogP contribution is 2.44. The molecule has 1 heterocycles. The second-order valence-corrected chi connectivity index (χ2v) is 5.78. The standard InChI is InChI=1S/C18H21NO2/c1-4-20-14-9-7-8-13(12-14)19-17-15-10-5-6-11-16(15)21-18(17,2)3/h5-12,17,19H,4H2,1-3H3. The molecular weight excluding hydrogens is 262 g/mol. The molecule has 0 saturated heterocycles. The molecular formula is C18H21NO2. The molecule has 0 bridgehead atoms. The highest BCUT2D eigenvalue weighted by atomic mass is 16.5. The predicted octanol–water partition coefficient (Wildman–Crippen LogP) is 4.41. The third-order valence-electron chi connectivity index (χ3n) is 3.75. The van der Waals surface area contributed by atoms with Crippen LogP contribution in [0.5, 0.6) is 11.5 Å². The molecule has 21 heavy (non-hydrogen) atoms. The smallest absolute Gasteiger partial charge is 0.128 e. The van der Waals surface area contributed by atoms with Gasteiger partial charge in [-0.25, -0.2) is 0 Å². The Labute approximate surface area is 125 Å². The molecule has 2 aromatic carbocycles. The third kappa shape index (κ3) is 2.68. The normalized spacial score (nSPS) is 18.7. The first kappa shape index (κ1) is 13.8. The predicted molar refractivity (Wildman–Crippen MR) is 85.1 cm³/mol. The first-order valence-electron chi connectivity index (χ1n) is 7.37. The van der Waals surface area contributed by atoms with Gasteiger partial charge in [-0.1, -0.05) is 24.3 Å². The number of anilines is 1. The molecule has 1 unspecified atom stereocenters. The second-order valence-electron chi connectivity index (χ2n) is 5.78. The topological polar surface area (TPSA) is 30.5 Å². The molecule has 1 aliphatic rings. The minimum Gasteiger partial charge on any atom is -0.494 e. The van der Waals surface area contributed by atoms with Gasteiger partial charge in [0.2, 0.25) is 0 Å². The molecule has 0 aromatic heterocycles. The lowest BCUT2D eigenvalue weighted by Gasteiger charge is -2.28. The van der Waals surface area contributed by atoms with E-state index < -0.39 is 0 Å². The summed E-state index contributed by atoms with van der Waals surface area (Å²) in [6.07, 6.45) is 0. The summed E-state index contributed by atoms with van der Waals surface area (Å²) in [5.74, 6) is 1.84. The summed E-state index contributed by atoms with van der Waals surface area (Å²) in [6.45, 7) is 6.88. The van der Waals surface area contributed by atoms with E-state index in [2.05, 4.69) is 37.4 Å². The molecule has 2 aromatic rings. The number of benzene rings is 2. The number of para-hydroxylation sites is 1.